The van der Waals surface area contributed by atoms with Crippen LogP contribution in [0.15, 0.2) is 0 Å². The van der Waals surface area contributed by atoms with Crippen LogP contribution in [-0.4, -0.2) is 47.2 Å². The second kappa shape index (κ2) is 12.8. The summed E-state index contributed by atoms with van der Waals surface area (Å²) >= 11 is 0. The van der Waals surface area contributed by atoms with E-state index in [-0.39, 0.29) is 13.2 Å². The minimum atomic E-state index is -0.877. The molecule has 3 atom stereocenters. The first kappa shape index (κ1) is 18.8. The molecule has 0 spiro atoms. The molecule has 5 nitrogen and oxygen atoms in total. The van der Waals surface area contributed by atoms with E-state index in [1.54, 1.807) is 0 Å². The SMILES string of the molecule is CCCCC[C@H](O)OC[C@H](CO)O[C@@H](O)CCCC. The monoisotopic (exact) mass is 278 g/mol. The van der Waals surface area contributed by atoms with Crippen LogP contribution < -0.4 is 0 Å². The fraction of sp³-hybridized carbons (Fsp3) is 1.00. The third kappa shape index (κ3) is 11.3. The maximum atomic E-state index is 9.57. The van der Waals surface area contributed by atoms with Crippen LogP contribution in [-0.2, 0) is 9.47 Å². The molecule has 0 aliphatic heterocycles. The third-order valence-corrected chi connectivity index (χ3v) is 2.89. The zero-order chi connectivity index (χ0) is 14.5. The normalized spacial score (nSPS) is 16.3. The highest BCUT2D eigenvalue weighted by Gasteiger charge is 2.15. The van der Waals surface area contributed by atoms with E-state index in [4.69, 9.17) is 14.6 Å². The average molecular weight is 278 g/mol. The van der Waals surface area contributed by atoms with Crippen LogP contribution in [0.5, 0.6) is 0 Å². The van der Waals surface area contributed by atoms with E-state index in [1.165, 1.54) is 0 Å². The van der Waals surface area contributed by atoms with E-state index in [1.807, 2.05) is 6.92 Å². The smallest absolute Gasteiger partial charge is 0.155 e. The van der Waals surface area contributed by atoms with Gasteiger partial charge in [-0.15, -0.1) is 0 Å². The molecule has 0 amide bonds. The molecule has 0 aliphatic rings. The lowest BCUT2D eigenvalue weighted by Gasteiger charge is -2.21. The predicted octanol–water partition coefficient (Wildman–Crippen LogP) is 1.79. The van der Waals surface area contributed by atoms with Gasteiger partial charge in [-0.3, -0.25) is 0 Å². The van der Waals surface area contributed by atoms with Crippen molar-refractivity contribution in [2.75, 3.05) is 13.2 Å². The molecule has 3 N–H and O–H groups in total. The van der Waals surface area contributed by atoms with Gasteiger partial charge in [-0.05, 0) is 25.7 Å². The number of hydrogen-bond acceptors (Lipinski definition) is 5. The van der Waals surface area contributed by atoms with Crippen LogP contribution in [0.3, 0.4) is 0 Å². The number of ether oxygens (including phenoxy) is 2. The Bertz CT molecular complexity index is 189. The summed E-state index contributed by atoms with van der Waals surface area (Å²) in [6, 6.07) is 0. The fourth-order valence-electron chi connectivity index (χ4n) is 1.67. The first-order valence-corrected chi connectivity index (χ1v) is 7.38. The molecular weight excluding hydrogens is 248 g/mol. The van der Waals surface area contributed by atoms with E-state index < -0.39 is 18.7 Å². The van der Waals surface area contributed by atoms with Gasteiger partial charge in [0.15, 0.2) is 12.6 Å². The number of rotatable bonds is 13. The Kier molecular flexibility index (Phi) is 12.7. The van der Waals surface area contributed by atoms with Crippen LogP contribution >= 0.6 is 0 Å². The molecule has 0 unspecified atom stereocenters. The van der Waals surface area contributed by atoms with Gasteiger partial charge in [0, 0.05) is 0 Å². The lowest BCUT2D eigenvalue weighted by molar-refractivity contribution is -0.191. The standard InChI is InChI=1S/C14H30O5/c1-3-5-7-9-13(16)18-11-12(10-15)19-14(17)8-6-4-2/h12-17H,3-11H2,1-2H3/t12-,13+,14+/m0/s1. The molecule has 0 aromatic heterocycles. The molecule has 5 heteroatoms. The highest BCUT2D eigenvalue weighted by Crippen LogP contribution is 2.08. The summed E-state index contributed by atoms with van der Waals surface area (Å²) in [7, 11) is 0. The van der Waals surface area contributed by atoms with Crippen molar-refractivity contribution in [3.05, 3.63) is 0 Å². The van der Waals surface area contributed by atoms with Crippen molar-refractivity contribution in [1.29, 1.82) is 0 Å². The van der Waals surface area contributed by atoms with Crippen molar-refractivity contribution >= 4 is 0 Å². The van der Waals surface area contributed by atoms with Gasteiger partial charge in [-0.2, -0.15) is 0 Å². The molecule has 0 aromatic carbocycles. The van der Waals surface area contributed by atoms with Crippen molar-refractivity contribution in [2.45, 2.75) is 77.5 Å². The Morgan fingerprint density at radius 3 is 2.11 bits per heavy atom. The first-order valence-electron chi connectivity index (χ1n) is 7.38. The summed E-state index contributed by atoms with van der Waals surface area (Å²) in [6.45, 7) is 3.99. The molecular formula is C14H30O5. The van der Waals surface area contributed by atoms with E-state index in [9.17, 15) is 10.2 Å². The van der Waals surface area contributed by atoms with Crippen LogP contribution in [0.25, 0.3) is 0 Å². The van der Waals surface area contributed by atoms with Gasteiger partial charge in [0.05, 0.1) is 13.2 Å². The second-order valence-electron chi connectivity index (χ2n) is 4.82. The van der Waals surface area contributed by atoms with Gasteiger partial charge in [-0.1, -0.05) is 33.1 Å². The van der Waals surface area contributed by atoms with Gasteiger partial charge in [-0.25, -0.2) is 0 Å². The molecule has 0 radical (unpaired) electrons. The molecule has 0 fully saturated rings. The molecule has 0 heterocycles. The van der Waals surface area contributed by atoms with E-state index in [2.05, 4.69) is 6.92 Å². The topological polar surface area (TPSA) is 79.2 Å². The van der Waals surface area contributed by atoms with Crippen molar-refractivity contribution in [1.82, 2.24) is 0 Å². The van der Waals surface area contributed by atoms with Crippen molar-refractivity contribution in [3.8, 4) is 0 Å². The predicted molar refractivity (Wildman–Crippen MR) is 73.6 cm³/mol. The van der Waals surface area contributed by atoms with Crippen LogP contribution in [0, 0.1) is 0 Å². The lowest BCUT2D eigenvalue weighted by Crippen LogP contribution is -2.31. The second-order valence-corrected chi connectivity index (χ2v) is 4.82. The largest absolute Gasteiger partial charge is 0.394 e. The Balaban J connectivity index is 3.73. The number of hydrogen-bond donors (Lipinski definition) is 3. The van der Waals surface area contributed by atoms with Crippen LogP contribution in [0.2, 0.25) is 0 Å². The summed E-state index contributed by atoms with van der Waals surface area (Å²) in [5, 5.41) is 28.3. The number of aliphatic hydroxyl groups excluding tert-OH is 3. The lowest BCUT2D eigenvalue weighted by atomic mass is 10.2. The minimum Gasteiger partial charge on any atom is -0.394 e. The zero-order valence-corrected chi connectivity index (χ0v) is 12.3. The molecule has 0 bridgehead atoms. The van der Waals surface area contributed by atoms with Crippen molar-refractivity contribution < 1.29 is 24.8 Å². The Morgan fingerprint density at radius 1 is 0.895 bits per heavy atom. The molecule has 19 heavy (non-hydrogen) atoms. The average Bonchev–Trinajstić information content (AvgIpc) is 2.41. The summed E-state index contributed by atoms with van der Waals surface area (Å²) in [4.78, 5) is 0. The summed E-state index contributed by atoms with van der Waals surface area (Å²) in [5.41, 5.74) is 0. The van der Waals surface area contributed by atoms with E-state index >= 15 is 0 Å². The highest BCUT2D eigenvalue weighted by atomic mass is 16.6. The molecule has 0 saturated carbocycles. The van der Waals surface area contributed by atoms with E-state index in [0.29, 0.717) is 12.8 Å². The van der Waals surface area contributed by atoms with Gasteiger partial charge in [0.25, 0.3) is 0 Å². The zero-order valence-electron chi connectivity index (χ0n) is 12.3. The Labute approximate surface area is 116 Å². The minimum absolute atomic E-state index is 0.0903. The quantitative estimate of drug-likeness (QED) is 0.353. The van der Waals surface area contributed by atoms with Crippen LogP contribution in [0.4, 0.5) is 0 Å². The van der Waals surface area contributed by atoms with Gasteiger partial charge < -0.3 is 24.8 Å². The first-order chi connectivity index (χ1) is 9.13. The molecule has 116 valence electrons. The van der Waals surface area contributed by atoms with Gasteiger partial charge in [0.2, 0.25) is 0 Å². The van der Waals surface area contributed by atoms with Crippen LogP contribution in [0.1, 0.15) is 58.8 Å². The number of aliphatic hydroxyl groups is 3. The summed E-state index contributed by atoms with van der Waals surface area (Å²) in [6.07, 6.45) is 3.78. The molecule has 0 aromatic rings. The maximum absolute atomic E-state index is 9.57. The Morgan fingerprint density at radius 2 is 1.53 bits per heavy atom. The summed E-state index contributed by atoms with van der Waals surface area (Å²) in [5.74, 6) is 0. The fourth-order valence-corrected chi connectivity index (χ4v) is 1.67. The van der Waals surface area contributed by atoms with Gasteiger partial charge >= 0.3 is 0 Å². The number of unbranched alkanes of at least 4 members (excludes halogenated alkanes) is 3. The van der Waals surface area contributed by atoms with E-state index in [0.717, 1.165) is 32.1 Å². The van der Waals surface area contributed by atoms with Crippen molar-refractivity contribution in [3.63, 3.8) is 0 Å². The Hall–Kier alpha value is -0.200. The van der Waals surface area contributed by atoms with Gasteiger partial charge in [0.1, 0.15) is 6.10 Å². The molecule has 0 rings (SSSR count). The summed E-state index contributed by atoms with van der Waals surface area (Å²) < 4.78 is 10.5. The molecule has 0 saturated heterocycles. The maximum Gasteiger partial charge on any atom is 0.155 e. The highest BCUT2D eigenvalue weighted by molar-refractivity contribution is 4.57. The third-order valence-electron chi connectivity index (χ3n) is 2.89. The molecule has 0 aliphatic carbocycles. The van der Waals surface area contributed by atoms with Crippen molar-refractivity contribution in [2.24, 2.45) is 0 Å².